The van der Waals surface area contributed by atoms with Crippen molar-refractivity contribution >= 4 is 23.2 Å². The second-order valence-corrected chi connectivity index (χ2v) is 3.15. The van der Waals surface area contributed by atoms with Crippen molar-refractivity contribution in [2.24, 2.45) is 0 Å². The molecule has 0 N–H and O–H groups in total. The molecular formula is C6H11Cl2F. The van der Waals surface area contributed by atoms with Crippen LogP contribution in [0.4, 0.5) is 4.39 Å². The average molecular weight is 173 g/mol. The molecule has 0 aliphatic rings. The van der Waals surface area contributed by atoms with Crippen molar-refractivity contribution in [3.05, 3.63) is 0 Å². The molecule has 0 radical (unpaired) electrons. The Kier molecular flexibility index (Phi) is 3.83. The first-order valence-corrected chi connectivity index (χ1v) is 3.88. The van der Waals surface area contributed by atoms with Crippen LogP contribution in [0.5, 0.6) is 0 Å². The largest absolute Gasteiger partial charge is 0.225 e. The third-order valence-corrected chi connectivity index (χ3v) is 2.58. The van der Waals surface area contributed by atoms with Gasteiger partial charge in [0.15, 0.2) is 5.13 Å². The summed E-state index contributed by atoms with van der Waals surface area (Å²) in [5, 5.41) is -2.28. The van der Waals surface area contributed by atoms with E-state index in [1.54, 1.807) is 6.92 Å². The van der Waals surface area contributed by atoms with Crippen LogP contribution < -0.4 is 0 Å². The van der Waals surface area contributed by atoms with E-state index in [1.165, 1.54) is 0 Å². The highest BCUT2D eigenvalue weighted by atomic mass is 35.5. The fourth-order valence-electron chi connectivity index (χ4n) is 0.520. The predicted octanol–water partition coefficient (Wildman–Crippen LogP) is 3.32. The Hall–Kier alpha value is 0.510. The molecule has 3 heteroatoms. The molecule has 0 aliphatic carbocycles. The van der Waals surface area contributed by atoms with Gasteiger partial charge in [0.25, 0.3) is 0 Å². The molecule has 0 rings (SSSR count). The topological polar surface area (TPSA) is 0 Å². The van der Waals surface area contributed by atoms with E-state index in [4.69, 9.17) is 23.2 Å². The standard InChI is InChI=1S/C6H11Cl2F/c1-3-5(7)6(8,9)4-2/h5H,3-4H2,1-2H3. The second kappa shape index (κ2) is 3.62. The summed E-state index contributed by atoms with van der Waals surface area (Å²) in [6, 6.07) is 0. The fraction of sp³-hybridized carbons (Fsp3) is 1.00. The Morgan fingerprint density at radius 2 is 2.00 bits per heavy atom. The summed E-state index contributed by atoms with van der Waals surface area (Å²) in [6.45, 7) is 3.49. The molecular weight excluding hydrogens is 162 g/mol. The van der Waals surface area contributed by atoms with Crippen molar-refractivity contribution in [2.75, 3.05) is 0 Å². The van der Waals surface area contributed by atoms with Crippen LogP contribution >= 0.6 is 23.2 Å². The van der Waals surface area contributed by atoms with Crippen molar-refractivity contribution < 1.29 is 4.39 Å². The van der Waals surface area contributed by atoms with Gasteiger partial charge in [0, 0.05) is 0 Å². The number of hydrogen-bond donors (Lipinski definition) is 0. The van der Waals surface area contributed by atoms with Gasteiger partial charge in [0.2, 0.25) is 0 Å². The molecule has 0 aromatic rings. The quantitative estimate of drug-likeness (QED) is 0.574. The third kappa shape index (κ3) is 2.72. The molecule has 0 fully saturated rings. The lowest BCUT2D eigenvalue weighted by Crippen LogP contribution is -2.25. The van der Waals surface area contributed by atoms with E-state index in [-0.39, 0.29) is 6.42 Å². The zero-order valence-corrected chi connectivity index (χ0v) is 7.14. The molecule has 0 nitrogen and oxygen atoms in total. The Morgan fingerprint density at radius 3 is 2.11 bits per heavy atom. The van der Waals surface area contributed by atoms with E-state index in [1.807, 2.05) is 6.92 Å². The van der Waals surface area contributed by atoms with E-state index >= 15 is 0 Å². The number of halogens is 3. The SMILES string of the molecule is CCC(Cl)C(F)(Cl)CC. The van der Waals surface area contributed by atoms with Gasteiger partial charge in [-0.3, -0.25) is 0 Å². The molecule has 2 unspecified atom stereocenters. The average Bonchev–Trinajstić information content (AvgIpc) is 1.86. The number of alkyl halides is 3. The Morgan fingerprint density at radius 1 is 1.56 bits per heavy atom. The van der Waals surface area contributed by atoms with Crippen LogP contribution in [0.25, 0.3) is 0 Å². The van der Waals surface area contributed by atoms with Crippen LogP contribution in [-0.4, -0.2) is 10.5 Å². The van der Waals surface area contributed by atoms with E-state index in [9.17, 15) is 4.39 Å². The summed E-state index contributed by atoms with van der Waals surface area (Å²) >= 11 is 10.9. The molecule has 0 heterocycles. The van der Waals surface area contributed by atoms with Gasteiger partial charge in [-0.25, -0.2) is 4.39 Å². The van der Waals surface area contributed by atoms with Gasteiger partial charge in [-0.15, -0.1) is 11.6 Å². The minimum absolute atomic E-state index is 0.260. The van der Waals surface area contributed by atoms with Crippen LogP contribution in [0, 0.1) is 0 Å². The van der Waals surface area contributed by atoms with Gasteiger partial charge in [-0.05, 0) is 12.8 Å². The Bertz CT molecular complexity index is 83.1. The number of rotatable bonds is 3. The summed E-state index contributed by atoms with van der Waals surface area (Å²) in [6.07, 6.45) is 0.825. The molecule has 0 aliphatic heterocycles. The second-order valence-electron chi connectivity index (χ2n) is 1.99. The highest BCUT2D eigenvalue weighted by Crippen LogP contribution is 2.31. The van der Waals surface area contributed by atoms with Crippen molar-refractivity contribution in [3.63, 3.8) is 0 Å². The minimum atomic E-state index is -1.71. The molecule has 0 amide bonds. The van der Waals surface area contributed by atoms with Gasteiger partial charge in [-0.1, -0.05) is 25.4 Å². The zero-order valence-electron chi connectivity index (χ0n) is 5.63. The smallest absolute Gasteiger partial charge is 0.199 e. The van der Waals surface area contributed by atoms with Crippen LogP contribution in [-0.2, 0) is 0 Å². The normalized spacial score (nSPS) is 21.0. The van der Waals surface area contributed by atoms with Gasteiger partial charge in [0.05, 0.1) is 5.38 Å². The zero-order chi connectivity index (χ0) is 7.49. The monoisotopic (exact) mass is 172 g/mol. The maximum Gasteiger partial charge on any atom is 0.199 e. The summed E-state index contributed by atoms with van der Waals surface area (Å²) in [5.74, 6) is 0. The van der Waals surface area contributed by atoms with Crippen LogP contribution in [0.2, 0.25) is 0 Å². The van der Waals surface area contributed by atoms with Crippen LogP contribution in [0.15, 0.2) is 0 Å². The lowest BCUT2D eigenvalue weighted by molar-refractivity contribution is 0.255. The van der Waals surface area contributed by atoms with Crippen molar-refractivity contribution in [2.45, 2.75) is 37.2 Å². The molecule has 0 saturated heterocycles. The highest BCUT2D eigenvalue weighted by Gasteiger charge is 2.31. The Labute approximate surface area is 65.3 Å². The minimum Gasteiger partial charge on any atom is -0.225 e. The van der Waals surface area contributed by atoms with Gasteiger partial charge in [0.1, 0.15) is 0 Å². The predicted molar refractivity (Wildman–Crippen MR) is 39.9 cm³/mol. The summed E-state index contributed by atoms with van der Waals surface area (Å²) in [5.41, 5.74) is 0. The van der Waals surface area contributed by atoms with Gasteiger partial charge >= 0.3 is 0 Å². The van der Waals surface area contributed by atoms with Crippen molar-refractivity contribution in [1.82, 2.24) is 0 Å². The van der Waals surface area contributed by atoms with E-state index in [2.05, 4.69) is 0 Å². The third-order valence-electron chi connectivity index (χ3n) is 1.29. The highest BCUT2D eigenvalue weighted by molar-refractivity contribution is 6.31. The maximum atomic E-state index is 12.8. The first-order chi connectivity index (χ1) is 4.04. The molecule has 2 atom stereocenters. The molecule has 56 valence electrons. The Balaban J connectivity index is 3.80. The van der Waals surface area contributed by atoms with E-state index in [0.29, 0.717) is 6.42 Å². The first-order valence-electron chi connectivity index (χ1n) is 3.06. The van der Waals surface area contributed by atoms with Gasteiger partial charge in [-0.2, -0.15) is 0 Å². The summed E-state index contributed by atoms with van der Waals surface area (Å²) in [7, 11) is 0. The summed E-state index contributed by atoms with van der Waals surface area (Å²) < 4.78 is 12.8. The van der Waals surface area contributed by atoms with Crippen molar-refractivity contribution in [3.8, 4) is 0 Å². The van der Waals surface area contributed by atoms with E-state index in [0.717, 1.165) is 0 Å². The van der Waals surface area contributed by atoms with Crippen molar-refractivity contribution in [1.29, 1.82) is 0 Å². The number of hydrogen-bond acceptors (Lipinski definition) is 0. The van der Waals surface area contributed by atoms with Crippen LogP contribution in [0.1, 0.15) is 26.7 Å². The first kappa shape index (κ1) is 9.51. The van der Waals surface area contributed by atoms with Crippen LogP contribution in [0.3, 0.4) is 0 Å². The maximum absolute atomic E-state index is 12.8. The molecule has 0 aromatic heterocycles. The molecule has 0 spiro atoms. The molecule has 0 bridgehead atoms. The summed E-state index contributed by atoms with van der Waals surface area (Å²) in [4.78, 5) is 0. The molecule has 0 aromatic carbocycles. The lowest BCUT2D eigenvalue weighted by Gasteiger charge is -2.19. The lowest BCUT2D eigenvalue weighted by atomic mass is 10.2. The van der Waals surface area contributed by atoms with Gasteiger partial charge < -0.3 is 0 Å². The molecule has 9 heavy (non-hydrogen) atoms. The fourth-order valence-corrected chi connectivity index (χ4v) is 0.829. The van der Waals surface area contributed by atoms with E-state index < -0.39 is 10.5 Å². The molecule has 0 saturated carbocycles.